The molecule has 0 radical (unpaired) electrons. The van der Waals surface area contributed by atoms with E-state index < -0.39 is 0 Å². The van der Waals surface area contributed by atoms with Crippen molar-refractivity contribution in [2.24, 2.45) is 0 Å². The Bertz CT molecular complexity index is 979. The lowest BCUT2D eigenvalue weighted by molar-refractivity contribution is -0.0764. The molecule has 3 atom stereocenters. The molecule has 1 fully saturated rings. The summed E-state index contributed by atoms with van der Waals surface area (Å²) < 4.78 is 7.39. The van der Waals surface area contributed by atoms with Crippen LogP contribution in [0.3, 0.4) is 0 Å². The van der Waals surface area contributed by atoms with Crippen LogP contribution in [-0.2, 0) is 4.74 Å². The third kappa shape index (κ3) is 3.54. The van der Waals surface area contributed by atoms with Gasteiger partial charge in [0, 0.05) is 13.1 Å². The third-order valence-electron chi connectivity index (χ3n) is 4.63. The SMILES string of the molecule is Cc1nc2sc([C@H](c3ccc(Cl)c(Cl)c3)N3C[C@@H](C)O[C@@H](C)C3)c(O)n2n1. The van der Waals surface area contributed by atoms with E-state index in [0.717, 1.165) is 23.5 Å². The van der Waals surface area contributed by atoms with Gasteiger partial charge >= 0.3 is 0 Å². The van der Waals surface area contributed by atoms with Crippen molar-refractivity contribution in [2.75, 3.05) is 13.1 Å². The average Bonchev–Trinajstić information content (AvgIpc) is 3.08. The topological polar surface area (TPSA) is 62.9 Å². The second-order valence-electron chi connectivity index (χ2n) is 6.93. The predicted octanol–water partition coefficient (Wildman–Crippen LogP) is 4.31. The maximum Gasteiger partial charge on any atom is 0.230 e. The lowest BCUT2D eigenvalue weighted by Gasteiger charge is -2.40. The first-order valence-electron chi connectivity index (χ1n) is 8.73. The Balaban J connectivity index is 1.85. The fourth-order valence-electron chi connectivity index (χ4n) is 3.67. The van der Waals surface area contributed by atoms with Crippen LogP contribution in [0.25, 0.3) is 4.96 Å². The Labute approximate surface area is 171 Å². The highest BCUT2D eigenvalue weighted by Crippen LogP contribution is 2.42. The number of aromatic nitrogens is 3. The molecule has 1 saturated heterocycles. The summed E-state index contributed by atoms with van der Waals surface area (Å²) in [5, 5.41) is 16.2. The molecule has 6 nitrogen and oxygen atoms in total. The Hall–Kier alpha value is -1.38. The van der Waals surface area contributed by atoms with Gasteiger partial charge in [0.2, 0.25) is 10.8 Å². The van der Waals surface area contributed by atoms with E-state index in [1.807, 2.05) is 12.1 Å². The highest BCUT2D eigenvalue weighted by atomic mass is 35.5. The Kier molecular flexibility index (Phi) is 5.07. The first kappa shape index (κ1) is 19.0. The normalized spacial score (nSPS) is 22.4. The monoisotopic (exact) mass is 426 g/mol. The lowest BCUT2D eigenvalue weighted by atomic mass is 10.0. The van der Waals surface area contributed by atoms with Crippen molar-refractivity contribution in [1.82, 2.24) is 19.5 Å². The molecule has 1 aliphatic rings. The molecular formula is C18H20Cl2N4O2S. The van der Waals surface area contributed by atoms with Crippen LogP contribution in [0.4, 0.5) is 0 Å². The van der Waals surface area contributed by atoms with Crippen LogP contribution in [0.2, 0.25) is 10.0 Å². The van der Waals surface area contributed by atoms with Gasteiger partial charge in [0.15, 0.2) is 0 Å². The van der Waals surface area contributed by atoms with Crippen molar-refractivity contribution < 1.29 is 9.84 Å². The molecule has 0 bridgehead atoms. The molecule has 1 N–H and O–H groups in total. The number of nitrogens with zero attached hydrogens (tertiary/aromatic N) is 4. The molecule has 2 aromatic heterocycles. The molecule has 0 saturated carbocycles. The van der Waals surface area contributed by atoms with E-state index >= 15 is 0 Å². The van der Waals surface area contributed by atoms with Gasteiger partial charge in [0.05, 0.1) is 33.2 Å². The van der Waals surface area contributed by atoms with Crippen LogP contribution in [0.1, 0.15) is 36.2 Å². The summed E-state index contributed by atoms with van der Waals surface area (Å²) in [6.07, 6.45) is 0.177. The summed E-state index contributed by atoms with van der Waals surface area (Å²) in [7, 11) is 0. The van der Waals surface area contributed by atoms with Gasteiger partial charge in [-0.25, -0.2) is 4.98 Å². The van der Waals surface area contributed by atoms with E-state index in [1.54, 1.807) is 13.0 Å². The maximum absolute atomic E-state index is 10.9. The fraction of sp³-hybridized carbons (Fsp3) is 0.444. The first-order chi connectivity index (χ1) is 12.8. The first-order valence-corrected chi connectivity index (χ1v) is 10.3. The van der Waals surface area contributed by atoms with Crippen LogP contribution in [0.15, 0.2) is 18.2 Å². The molecule has 0 amide bonds. The van der Waals surface area contributed by atoms with Gasteiger partial charge in [0.25, 0.3) is 0 Å². The molecule has 27 heavy (non-hydrogen) atoms. The van der Waals surface area contributed by atoms with Gasteiger partial charge in [-0.15, -0.1) is 5.10 Å². The van der Waals surface area contributed by atoms with Crippen LogP contribution in [-0.4, -0.2) is 49.9 Å². The lowest BCUT2D eigenvalue weighted by Crippen LogP contribution is -2.47. The highest BCUT2D eigenvalue weighted by molar-refractivity contribution is 7.17. The van der Waals surface area contributed by atoms with Crippen molar-refractivity contribution >= 4 is 39.5 Å². The minimum Gasteiger partial charge on any atom is -0.492 e. The minimum atomic E-state index is -0.192. The number of rotatable bonds is 3. The van der Waals surface area contributed by atoms with Crippen LogP contribution in [0.5, 0.6) is 5.88 Å². The second kappa shape index (κ2) is 7.22. The quantitative estimate of drug-likeness (QED) is 0.675. The fourth-order valence-corrected chi connectivity index (χ4v) is 5.13. The Morgan fingerprint density at radius 2 is 1.93 bits per heavy atom. The number of aryl methyl sites for hydroxylation is 1. The molecule has 4 rings (SSSR count). The molecule has 3 aromatic rings. The summed E-state index contributed by atoms with van der Waals surface area (Å²) in [5.74, 6) is 0.737. The van der Waals surface area contributed by atoms with Crippen molar-refractivity contribution in [3.05, 3.63) is 44.5 Å². The van der Waals surface area contributed by atoms with Crippen LogP contribution >= 0.6 is 34.5 Å². The molecule has 3 heterocycles. The number of thiazole rings is 1. The van der Waals surface area contributed by atoms with Gasteiger partial charge < -0.3 is 9.84 Å². The Morgan fingerprint density at radius 1 is 1.22 bits per heavy atom. The second-order valence-corrected chi connectivity index (χ2v) is 8.75. The summed E-state index contributed by atoms with van der Waals surface area (Å²) in [6.45, 7) is 7.39. The number of halogens is 2. The van der Waals surface area contributed by atoms with Gasteiger partial charge in [-0.05, 0) is 38.5 Å². The molecule has 0 aliphatic carbocycles. The molecule has 0 unspecified atom stereocenters. The van der Waals surface area contributed by atoms with Gasteiger partial charge in [0.1, 0.15) is 5.82 Å². The van der Waals surface area contributed by atoms with Crippen molar-refractivity contribution in [2.45, 2.75) is 39.0 Å². The van der Waals surface area contributed by atoms with Gasteiger partial charge in [-0.3, -0.25) is 4.90 Å². The molecule has 144 valence electrons. The highest BCUT2D eigenvalue weighted by Gasteiger charge is 2.34. The van der Waals surface area contributed by atoms with Crippen LogP contribution in [0, 0.1) is 6.92 Å². The van der Waals surface area contributed by atoms with E-state index in [1.165, 1.54) is 15.9 Å². The molecule has 1 aliphatic heterocycles. The van der Waals surface area contributed by atoms with E-state index in [9.17, 15) is 5.11 Å². The summed E-state index contributed by atoms with van der Waals surface area (Å²) in [5.41, 5.74) is 0.960. The Morgan fingerprint density at radius 3 is 2.56 bits per heavy atom. The number of hydrogen-bond acceptors (Lipinski definition) is 6. The van der Waals surface area contributed by atoms with Crippen molar-refractivity contribution in [3.8, 4) is 5.88 Å². The summed E-state index contributed by atoms with van der Waals surface area (Å²) in [6, 6.07) is 5.41. The van der Waals surface area contributed by atoms with Crippen molar-refractivity contribution in [3.63, 3.8) is 0 Å². The largest absolute Gasteiger partial charge is 0.492 e. The van der Waals surface area contributed by atoms with E-state index in [2.05, 4.69) is 28.8 Å². The smallest absolute Gasteiger partial charge is 0.230 e. The standard InChI is InChI=1S/C18H20Cl2N4O2S/c1-9-7-23(8-10(2)26-9)15(12-4-5-13(19)14(20)6-12)16-17(25)24-18(27-16)21-11(3)22-24/h4-6,9-10,15,25H,7-8H2,1-3H3/t9-,10+,15-/m0/s1. The minimum absolute atomic E-state index is 0.0885. The van der Waals surface area contributed by atoms with E-state index in [0.29, 0.717) is 20.8 Å². The number of benzene rings is 1. The third-order valence-corrected chi connectivity index (χ3v) is 6.44. The number of aromatic hydroxyl groups is 1. The average molecular weight is 427 g/mol. The van der Waals surface area contributed by atoms with Crippen LogP contribution < -0.4 is 0 Å². The zero-order chi connectivity index (χ0) is 19.3. The zero-order valence-corrected chi connectivity index (χ0v) is 17.5. The number of morpholine rings is 1. The van der Waals surface area contributed by atoms with Crippen molar-refractivity contribution in [1.29, 1.82) is 0 Å². The number of ether oxygens (including phenoxy) is 1. The van der Waals surface area contributed by atoms with E-state index in [-0.39, 0.29) is 24.1 Å². The molecule has 1 aromatic carbocycles. The predicted molar refractivity (Wildman–Crippen MR) is 107 cm³/mol. The zero-order valence-electron chi connectivity index (χ0n) is 15.2. The van der Waals surface area contributed by atoms with E-state index in [4.69, 9.17) is 27.9 Å². The number of fused-ring (bicyclic) bond motifs is 1. The van der Waals surface area contributed by atoms with Gasteiger partial charge in [-0.2, -0.15) is 4.52 Å². The van der Waals surface area contributed by atoms with Gasteiger partial charge in [-0.1, -0.05) is 40.6 Å². The maximum atomic E-state index is 10.9. The number of hydrogen-bond donors (Lipinski definition) is 1. The molecular weight excluding hydrogens is 407 g/mol. The summed E-state index contributed by atoms with van der Waals surface area (Å²) in [4.78, 5) is 8.15. The molecule has 0 spiro atoms. The summed E-state index contributed by atoms with van der Waals surface area (Å²) >= 11 is 13.9. The molecule has 9 heteroatoms.